The molecule has 0 radical (unpaired) electrons. The first-order valence-electron chi connectivity index (χ1n) is 5.41. The summed E-state index contributed by atoms with van der Waals surface area (Å²) in [5, 5.41) is 11.8. The van der Waals surface area contributed by atoms with Gasteiger partial charge in [-0.15, -0.1) is 0 Å². The number of aliphatic carboxylic acids is 1. The number of aromatic nitrogens is 2. The fraction of sp³-hybridized carbons (Fsp3) is 0.364. The van der Waals surface area contributed by atoms with Gasteiger partial charge in [0.25, 0.3) is 5.56 Å². The summed E-state index contributed by atoms with van der Waals surface area (Å²) < 4.78 is 4.95. The predicted octanol–water partition coefficient (Wildman–Crippen LogP) is 0.220. The van der Waals surface area contributed by atoms with Gasteiger partial charge in [-0.1, -0.05) is 12.2 Å². The highest BCUT2D eigenvalue weighted by Gasteiger charge is 2.25. The highest BCUT2D eigenvalue weighted by molar-refractivity contribution is 5.73. The molecular formula is C11H13N3O4. The van der Waals surface area contributed by atoms with E-state index < -0.39 is 11.9 Å². The summed E-state index contributed by atoms with van der Waals surface area (Å²) in [7, 11) is 1.38. The van der Waals surface area contributed by atoms with Crippen molar-refractivity contribution in [1.82, 2.24) is 9.97 Å². The summed E-state index contributed by atoms with van der Waals surface area (Å²) in [6.45, 7) is 0. The van der Waals surface area contributed by atoms with Gasteiger partial charge in [0, 0.05) is 6.04 Å². The van der Waals surface area contributed by atoms with E-state index in [1.165, 1.54) is 13.4 Å². The number of ether oxygens (including phenoxy) is 1. The Kier molecular flexibility index (Phi) is 3.31. The maximum Gasteiger partial charge on any atom is 0.310 e. The molecule has 7 nitrogen and oxygen atoms in total. The van der Waals surface area contributed by atoms with Gasteiger partial charge in [0.1, 0.15) is 0 Å². The Morgan fingerprint density at radius 2 is 2.39 bits per heavy atom. The molecule has 0 saturated carbocycles. The van der Waals surface area contributed by atoms with Gasteiger partial charge in [-0.05, 0) is 6.42 Å². The number of nitrogens with one attached hydrogen (secondary N) is 2. The van der Waals surface area contributed by atoms with Gasteiger partial charge in [0.05, 0.1) is 19.4 Å². The van der Waals surface area contributed by atoms with E-state index in [-0.39, 0.29) is 17.4 Å². The third-order valence-electron chi connectivity index (χ3n) is 2.74. The summed E-state index contributed by atoms with van der Waals surface area (Å²) in [5.74, 6) is -0.969. The van der Waals surface area contributed by atoms with E-state index in [0.29, 0.717) is 12.2 Å². The Balaban J connectivity index is 2.12. The van der Waals surface area contributed by atoms with E-state index in [9.17, 15) is 9.59 Å². The smallest absolute Gasteiger partial charge is 0.310 e. The molecule has 1 aliphatic carbocycles. The van der Waals surface area contributed by atoms with Crippen molar-refractivity contribution < 1.29 is 14.6 Å². The second kappa shape index (κ2) is 4.91. The molecule has 0 aromatic carbocycles. The first-order valence-corrected chi connectivity index (χ1v) is 5.41. The van der Waals surface area contributed by atoms with Crippen LogP contribution >= 0.6 is 0 Å². The molecule has 2 atom stereocenters. The SMILES string of the molecule is COc1c(NC2C=CC(C(=O)O)C2)nc[nH]c1=O. The summed E-state index contributed by atoms with van der Waals surface area (Å²) >= 11 is 0. The molecule has 1 aromatic heterocycles. The first-order chi connectivity index (χ1) is 8.61. The number of carboxylic acids is 1. The molecule has 2 rings (SSSR count). The van der Waals surface area contributed by atoms with Gasteiger partial charge in [0.15, 0.2) is 5.82 Å². The van der Waals surface area contributed by atoms with Crippen molar-refractivity contribution in [2.75, 3.05) is 12.4 Å². The summed E-state index contributed by atoms with van der Waals surface area (Å²) in [6.07, 6.45) is 5.06. The normalized spacial score (nSPS) is 21.8. The Morgan fingerprint density at radius 3 is 3.00 bits per heavy atom. The lowest BCUT2D eigenvalue weighted by Gasteiger charge is -2.14. The molecule has 0 aliphatic heterocycles. The Morgan fingerprint density at radius 1 is 1.61 bits per heavy atom. The quantitative estimate of drug-likeness (QED) is 0.661. The number of aromatic amines is 1. The van der Waals surface area contributed by atoms with Crippen molar-refractivity contribution in [2.45, 2.75) is 12.5 Å². The van der Waals surface area contributed by atoms with Crippen molar-refractivity contribution >= 4 is 11.8 Å². The second-order valence-electron chi connectivity index (χ2n) is 3.93. The van der Waals surface area contributed by atoms with Crippen molar-refractivity contribution in [1.29, 1.82) is 0 Å². The van der Waals surface area contributed by atoms with Crippen LogP contribution in [0.2, 0.25) is 0 Å². The fourth-order valence-corrected chi connectivity index (χ4v) is 1.84. The minimum absolute atomic E-state index is 0.0877. The van der Waals surface area contributed by atoms with Crippen LogP contribution in [0.25, 0.3) is 0 Å². The van der Waals surface area contributed by atoms with Crippen LogP contribution in [0.4, 0.5) is 5.82 Å². The van der Waals surface area contributed by atoms with Crippen LogP contribution in [0.1, 0.15) is 6.42 Å². The number of rotatable bonds is 4. The molecule has 0 bridgehead atoms. The number of hydrogen-bond acceptors (Lipinski definition) is 5. The number of methoxy groups -OCH3 is 1. The number of nitrogens with zero attached hydrogens (tertiary/aromatic N) is 1. The zero-order valence-electron chi connectivity index (χ0n) is 9.71. The minimum atomic E-state index is -0.860. The maximum atomic E-state index is 11.4. The number of anilines is 1. The highest BCUT2D eigenvalue weighted by atomic mass is 16.5. The third-order valence-corrected chi connectivity index (χ3v) is 2.74. The fourth-order valence-electron chi connectivity index (χ4n) is 1.84. The lowest BCUT2D eigenvalue weighted by atomic mass is 10.1. The number of carboxylic acid groups (broad SMARTS) is 1. The topological polar surface area (TPSA) is 104 Å². The molecule has 0 saturated heterocycles. The van der Waals surface area contributed by atoms with Crippen LogP contribution in [0, 0.1) is 5.92 Å². The zero-order valence-corrected chi connectivity index (χ0v) is 9.71. The van der Waals surface area contributed by atoms with Crippen molar-refractivity contribution in [3.8, 4) is 5.75 Å². The Hall–Kier alpha value is -2.31. The molecule has 96 valence electrons. The van der Waals surface area contributed by atoms with E-state index >= 15 is 0 Å². The van der Waals surface area contributed by atoms with Crippen LogP contribution in [-0.2, 0) is 4.79 Å². The molecule has 3 N–H and O–H groups in total. The molecule has 7 heteroatoms. The molecule has 0 amide bonds. The molecule has 1 aromatic rings. The van der Waals surface area contributed by atoms with Gasteiger partial charge >= 0.3 is 5.97 Å². The molecule has 18 heavy (non-hydrogen) atoms. The van der Waals surface area contributed by atoms with E-state index in [4.69, 9.17) is 9.84 Å². The number of H-pyrrole nitrogens is 1. The predicted molar refractivity (Wildman–Crippen MR) is 63.7 cm³/mol. The molecule has 1 heterocycles. The molecule has 2 unspecified atom stereocenters. The third kappa shape index (κ3) is 2.34. The number of carbonyl (C=O) groups is 1. The van der Waals surface area contributed by atoms with Crippen LogP contribution in [0.3, 0.4) is 0 Å². The van der Waals surface area contributed by atoms with E-state index in [0.717, 1.165) is 0 Å². The van der Waals surface area contributed by atoms with Gasteiger partial charge < -0.3 is 20.1 Å². The van der Waals surface area contributed by atoms with E-state index in [2.05, 4.69) is 15.3 Å². The summed E-state index contributed by atoms with van der Waals surface area (Å²) in [4.78, 5) is 28.6. The Labute approximate surface area is 103 Å². The minimum Gasteiger partial charge on any atom is -0.489 e. The average Bonchev–Trinajstić information content (AvgIpc) is 2.78. The lowest BCUT2D eigenvalue weighted by molar-refractivity contribution is -0.140. The summed E-state index contributed by atoms with van der Waals surface area (Å²) in [5.41, 5.74) is -0.383. The molecule has 0 spiro atoms. The van der Waals surface area contributed by atoms with Gasteiger partial charge in [0.2, 0.25) is 5.75 Å². The van der Waals surface area contributed by atoms with Crippen LogP contribution in [0.15, 0.2) is 23.3 Å². The zero-order chi connectivity index (χ0) is 13.1. The van der Waals surface area contributed by atoms with E-state index in [1.54, 1.807) is 12.2 Å². The second-order valence-corrected chi connectivity index (χ2v) is 3.93. The van der Waals surface area contributed by atoms with E-state index in [1.807, 2.05) is 0 Å². The standard InChI is InChI=1S/C11H13N3O4/c1-18-8-9(12-5-13-10(8)15)14-7-3-2-6(4-7)11(16)17/h2-3,5-7H,4H2,1H3,(H,16,17)(H2,12,13,14,15). The van der Waals surface area contributed by atoms with Crippen LogP contribution in [0.5, 0.6) is 5.75 Å². The summed E-state index contributed by atoms with van der Waals surface area (Å²) in [6, 6.07) is -0.172. The van der Waals surface area contributed by atoms with Crippen molar-refractivity contribution in [3.05, 3.63) is 28.8 Å². The monoisotopic (exact) mass is 251 g/mol. The largest absolute Gasteiger partial charge is 0.489 e. The molecular weight excluding hydrogens is 238 g/mol. The molecule has 0 fully saturated rings. The molecule has 1 aliphatic rings. The van der Waals surface area contributed by atoms with Gasteiger partial charge in [-0.25, -0.2) is 4.98 Å². The Bertz CT molecular complexity index is 537. The average molecular weight is 251 g/mol. The van der Waals surface area contributed by atoms with Gasteiger partial charge in [-0.3, -0.25) is 9.59 Å². The van der Waals surface area contributed by atoms with Crippen molar-refractivity contribution in [3.63, 3.8) is 0 Å². The maximum absolute atomic E-state index is 11.4. The van der Waals surface area contributed by atoms with Crippen molar-refractivity contribution in [2.24, 2.45) is 5.92 Å². The van der Waals surface area contributed by atoms with Gasteiger partial charge in [-0.2, -0.15) is 0 Å². The van der Waals surface area contributed by atoms with Crippen LogP contribution < -0.4 is 15.6 Å². The lowest BCUT2D eigenvalue weighted by Crippen LogP contribution is -2.22. The first kappa shape index (κ1) is 12.2. The van der Waals surface area contributed by atoms with Crippen LogP contribution in [-0.4, -0.2) is 34.2 Å². The highest BCUT2D eigenvalue weighted by Crippen LogP contribution is 2.23. The number of hydrogen-bond donors (Lipinski definition) is 3.